The van der Waals surface area contributed by atoms with Crippen molar-refractivity contribution >= 4 is 11.4 Å². The van der Waals surface area contributed by atoms with Gasteiger partial charge >= 0.3 is 0 Å². The number of hydrogen-bond donors (Lipinski definition) is 2. The topological polar surface area (TPSA) is 92.5 Å². The van der Waals surface area contributed by atoms with Gasteiger partial charge in [-0.3, -0.25) is 4.68 Å². The van der Waals surface area contributed by atoms with E-state index in [0.29, 0.717) is 24.3 Å². The first-order valence-corrected chi connectivity index (χ1v) is 5.18. The average Bonchev–Trinajstić information content (AvgIpc) is 2.84. The molecule has 1 heterocycles. The minimum Gasteiger partial charge on any atom is -0.396 e. The Morgan fingerprint density at radius 1 is 1.47 bits per heavy atom. The Balaban J connectivity index is 1.98. The molecule has 0 saturated carbocycles. The molecule has 1 aromatic carbocycles. The Morgan fingerprint density at radius 3 is 3.06 bits per heavy atom. The highest BCUT2D eigenvalue weighted by Crippen LogP contribution is 2.21. The van der Waals surface area contributed by atoms with Gasteiger partial charge in [0.05, 0.1) is 29.7 Å². The number of aromatic nitrogens is 3. The average molecular weight is 228 g/mol. The number of nitrogens with zero attached hydrogens (tertiary/aromatic N) is 4. The van der Waals surface area contributed by atoms with Crippen LogP contribution in [0, 0.1) is 11.3 Å². The van der Waals surface area contributed by atoms with Crippen LogP contribution in [0.15, 0.2) is 30.6 Å². The summed E-state index contributed by atoms with van der Waals surface area (Å²) >= 11 is 0. The number of nitrogens with two attached hydrogens (primary N) is 1. The van der Waals surface area contributed by atoms with Crippen LogP contribution in [0.1, 0.15) is 5.56 Å². The maximum atomic E-state index is 8.84. The third-order valence-electron chi connectivity index (χ3n) is 2.35. The number of anilines is 2. The van der Waals surface area contributed by atoms with Gasteiger partial charge in [0, 0.05) is 12.7 Å². The summed E-state index contributed by atoms with van der Waals surface area (Å²) in [7, 11) is 0. The molecule has 17 heavy (non-hydrogen) atoms. The Labute approximate surface area is 98.7 Å². The second kappa shape index (κ2) is 4.99. The monoisotopic (exact) mass is 228 g/mol. The van der Waals surface area contributed by atoms with Crippen LogP contribution < -0.4 is 11.1 Å². The molecular formula is C11H12N6. The molecule has 6 nitrogen and oxygen atoms in total. The predicted octanol–water partition coefficient (Wildman–Crippen LogP) is 0.844. The number of rotatable bonds is 4. The van der Waals surface area contributed by atoms with Gasteiger partial charge in [0.25, 0.3) is 0 Å². The molecule has 2 aromatic rings. The third kappa shape index (κ3) is 2.52. The minimum atomic E-state index is 0.480. The molecule has 0 atom stereocenters. The summed E-state index contributed by atoms with van der Waals surface area (Å²) < 4.78 is 1.72. The first-order valence-electron chi connectivity index (χ1n) is 5.18. The molecule has 0 bridgehead atoms. The minimum absolute atomic E-state index is 0.480. The standard InChI is InChI=1S/C11H12N6/c12-8-9-2-1-3-10(11(9)13)14-4-6-17-7-5-15-16-17/h1-3,5,7,14H,4,6,13H2. The van der Waals surface area contributed by atoms with E-state index in [9.17, 15) is 0 Å². The summed E-state index contributed by atoms with van der Waals surface area (Å²) in [5.41, 5.74) is 7.56. The molecule has 2 rings (SSSR count). The van der Waals surface area contributed by atoms with Gasteiger partial charge in [0.15, 0.2) is 0 Å². The quantitative estimate of drug-likeness (QED) is 0.756. The van der Waals surface area contributed by atoms with E-state index in [1.54, 1.807) is 29.2 Å². The molecule has 1 aromatic heterocycles. The van der Waals surface area contributed by atoms with Crippen molar-refractivity contribution in [1.82, 2.24) is 15.0 Å². The summed E-state index contributed by atoms with van der Waals surface area (Å²) in [6.45, 7) is 1.36. The molecule has 0 fully saturated rings. The highest BCUT2D eigenvalue weighted by molar-refractivity contribution is 5.72. The van der Waals surface area contributed by atoms with Crippen molar-refractivity contribution in [2.24, 2.45) is 0 Å². The Hall–Kier alpha value is -2.55. The first-order chi connectivity index (χ1) is 8.31. The molecule has 3 N–H and O–H groups in total. The molecule has 6 heteroatoms. The van der Waals surface area contributed by atoms with E-state index in [1.807, 2.05) is 12.1 Å². The molecule has 0 saturated heterocycles. The smallest absolute Gasteiger partial charge is 0.101 e. The molecule has 0 amide bonds. The number of nitriles is 1. The van der Waals surface area contributed by atoms with E-state index in [4.69, 9.17) is 11.0 Å². The molecule has 86 valence electrons. The predicted molar refractivity (Wildman–Crippen MR) is 64.1 cm³/mol. The normalized spacial score (nSPS) is 9.82. The zero-order valence-electron chi connectivity index (χ0n) is 9.17. The first kappa shape index (κ1) is 11.0. The van der Waals surface area contributed by atoms with E-state index in [0.717, 1.165) is 5.69 Å². The fraction of sp³-hybridized carbons (Fsp3) is 0.182. The van der Waals surface area contributed by atoms with Gasteiger partial charge in [-0.1, -0.05) is 11.3 Å². The lowest BCUT2D eigenvalue weighted by molar-refractivity contribution is 0.609. The molecule has 0 unspecified atom stereocenters. The fourth-order valence-electron chi connectivity index (χ4n) is 1.47. The maximum absolute atomic E-state index is 8.84. The molecule has 0 aliphatic rings. The van der Waals surface area contributed by atoms with Gasteiger partial charge in [-0.25, -0.2) is 0 Å². The summed E-state index contributed by atoms with van der Waals surface area (Å²) in [4.78, 5) is 0. The van der Waals surface area contributed by atoms with Crippen LogP contribution in [0.5, 0.6) is 0 Å². The molecule has 0 spiro atoms. The van der Waals surface area contributed by atoms with Gasteiger partial charge in [-0.2, -0.15) is 5.26 Å². The van der Waals surface area contributed by atoms with E-state index < -0.39 is 0 Å². The lowest BCUT2D eigenvalue weighted by Gasteiger charge is -2.09. The summed E-state index contributed by atoms with van der Waals surface area (Å²) in [6.07, 6.45) is 3.42. The van der Waals surface area contributed by atoms with Gasteiger partial charge < -0.3 is 11.1 Å². The largest absolute Gasteiger partial charge is 0.396 e. The number of nitrogen functional groups attached to an aromatic ring is 1. The summed E-state index contributed by atoms with van der Waals surface area (Å²) in [5.74, 6) is 0. The third-order valence-corrected chi connectivity index (χ3v) is 2.35. The van der Waals surface area contributed by atoms with Crippen molar-refractivity contribution in [3.8, 4) is 6.07 Å². The van der Waals surface area contributed by atoms with Crippen LogP contribution >= 0.6 is 0 Å². The number of para-hydroxylation sites is 1. The molecule has 0 aliphatic carbocycles. The van der Waals surface area contributed by atoms with Crippen molar-refractivity contribution in [2.75, 3.05) is 17.6 Å². The Morgan fingerprint density at radius 2 is 2.35 bits per heavy atom. The highest BCUT2D eigenvalue weighted by atomic mass is 15.4. The zero-order chi connectivity index (χ0) is 12.1. The number of benzene rings is 1. The fourth-order valence-corrected chi connectivity index (χ4v) is 1.47. The van der Waals surface area contributed by atoms with Crippen molar-refractivity contribution in [3.63, 3.8) is 0 Å². The molecular weight excluding hydrogens is 216 g/mol. The second-order valence-corrected chi connectivity index (χ2v) is 3.47. The van der Waals surface area contributed by atoms with Crippen LogP contribution in [0.3, 0.4) is 0 Å². The summed E-state index contributed by atoms with van der Waals surface area (Å²) in [6, 6.07) is 7.38. The second-order valence-electron chi connectivity index (χ2n) is 3.47. The van der Waals surface area contributed by atoms with Crippen LogP contribution in [0.25, 0.3) is 0 Å². The van der Waals surface area contributed by atoms with Gasteiger partial charge in [-0.05, 0) is 12.1 Å². The van der Waals surface area contributed by atoms with Crippen LogP contribution in [0.4, 0.5) is 11.4 Å². The van der Waals surface area contributed by atoms with E-state index >= 15 is 0 Å². The van der Waals surface area contributed by atoms with Crippen molar-refractivity contribution in [2.45, 2.75) is 6.54 Å². The van der Waals surface area contributed by atoms with Gasteiger partial charge in [0.2, 0.25) is 0 Å². The Bertz CT molecular complexity index is 525. The molecule has 0 radical (unpaired) electrons. The number of hydrogen-bond acceptors (Lipinski definition) is 5. The van der Waals surface area contributed by atoms with Crippen LogP contribution in [-0.4, -0.2) is 21.5 Å². The number of nitrogens with one attached hydrogen (secondary N) is 1. The summed E-state index contributed by atoms with van der Waals surface area (Å²) in [5, 5.41) is 19.6. The van der Waals surface area contributed by atoms with Crippen molar-refractivity contribution in [3.05, 3.63) is 36.2 Å². The lowest BCUT2D eigenvalue weighted by Crippen LogP contribution is -2.12. The SMILES string of the molecule is N#Cc1cccc(NCCn2ccnn2)c1N. The zero-order valence-corrected chi connectivity index (χ0v) is 9.17. The highest BCUT2D eigenvalue weighted by Gasteiger charge is 2.03. The van der Waals surface area contributed by atoms with E-state index in [-0.39, 0.29) is 0 Å². The van der Waals surface area contributed by atoms with E-state index in [2.05, 4.69) is 15.6 Å². The molecule has 0 aliphatic heterocycles. The lowest BCUT2D eigenvalue weighted by atomic mass is 10.1. The van der Waals surface area contributed by atoms with Crippen molar-refractivity contribution in [1.29, 1.82) is 5.26 Å². The van der Waals surface area contributed by atoms with Gasteiger partial charge in [-0.15, -0.1) is 5.10 Å². The van der Waals surface area contributed by atoms with Crippen LogP contribution in [0.2, 0.25) is 0 Å². The van der Waals surface area contributed by atoms with E-state index in [1.165, 1.54) is 0 Å². The van der Waals surface area contributed by atoms with Crippen molar-refractivity contribution < 1.29 is 0 Å². The van der Waals surface area contributed by atoms with Crippen LogP contribution in [-0.2, 0) is 6.54 Å². The maximum Gasteiger partial charge on any atom is 0.101 e. The van der Waals surface area contributed by atoms with Gasteiger partial charge in [0.1, 0.15) is 6.07 Å². The Kier molecular flexibility index (Phi) is 3.21.